The number of rotatable bonds is 3. The summed E-state index contributed by atoms with van der Waals surface area (Å²) < 4.78 is 10.9. The van der Waals surface area contributed by atoms with E-state index in [2.05, 4.69) is 4.98 Å². The lowest BCUT2D eigenvalue weighted by molar-refractivity contribution is 0.0605. The van der Waals surface area contributed by atoms with Crippen molar-refractivity contribution in [2.24, 2.45) is 0 Å². The number of ether oxygens (including phenoxy) is 1. The molecule has 0 aliphatic carbocycles. The maximum Gasteiger partial charge on any atom is 0.350 e. The Labute approximate surface area is 203 Å². The van der Waals surface area contributed by atoms with E-state index in [1.54, 1.807) is 43.3 Å². The zero-order valence-corrected chi connectivity index (χ0v) is 20.3. The van der Waals surface area contributed by atoms with E-state index in [1.807, 2.05) is 13.8 Å². The van der Waals surface area contributed by atoms with Crippen LogP contribution < -0.4 is 10.3 Å². The van der Waals surface area contributed by atoms with Crippen LogP contribution in [-0.2, 0) is 4.74 Å². The fraction of sp³-hybridized carbons (Fsp3) is 0.200. The average molecular weight is 495 g/mol. The summed E-state index contributed by atoms with van der Waals surface area (Å²) in [5.41, 5.74) is 3.22. The average Bonchev–Trinajstić information content (AvgIpc) is 3.32. The number of benzene rings is 2. The predicted octanol–water partition coefficient (Wildman–Crippen LogP) is 5.36. The summed E-state index contributed by atoms with van der Waals surface area (Å²) in [6.45, 7) is 5.50. The Morgan fingerprint density at radius 3 is 2.59 bits per heavy atom. The molecule has 172 valence electrons. The number of esters is 1. The highest BCUT2D eigenvalue weighted by atomic mass is 35.5. The predicted molar refractivity (Wildman–Crippen MR) is 130 cm³/mol. The van der Waals surface area contributed by atoms with Crippen LogP contribution in [0.25, 0.3) is 11.0 Å². The molecule has 1 aliphatic heterocycles. The second-order valence-corrected chi connectivity index (χ2v) is 9.56. The van der Waals surface area contributed by atoms with Crippen LogP contribution in [0.15, 0.2) is 45.6 Å². The van der Waals surface area contributed by atoms with Crippen molar-refractivity contribution in [3.63, 3.8) is 0 Å². The van der Waals surface area contributed by atoms with Gasteiger partial charge < -0.3 is 9.15 Å². The molecule has 9 heteroatoms. The quantitative estimate of drug-likeness (QED) is 0.356. The van der Waals surface area contributed by atoms with Gasteiger partial charge in [-0.2, -0.15) is 0 Å². The molecule has 7 nitrogen and oxygen atoms in total. The Hall–Kier alpha value is -3.49. The van der Waals surface area contributed by atoms with Crippen LogP contribution in [0, 0.1) is 20.8 Å². The van der Waals surface area contributed by atoms with Crippen LogP contribution in [0.4, 0.5) is 5.13 Å². The van der Waals surface area contributed by atoms with Crippen LogP contribution in [-0.4, -0.2) is 24.0 Å². The van der Waals surface area contributed by atoms with Gasteiger partial charge in [0.05, 0.1) is 29.8 Å². The van der Waals surface area contributed by atoms with E-state index >= 15 is 0 Å². The van der Waals surface area contributed by atoms with Gasteiger partial charge in [0.25, 0.3) is 5.91 Å². The molecule has 0 bridgehead atoms. The molecule has 5 rings (SSSR count). The Morgan fingerprint density at radius 1 is 1.15 bits per heavy atom. The second-order valence-electron chi connectivity index (χ2n) is 8.14. The maximum absolute atomic E-state index is 13.7. The van der Waals surface area contributed by atoms with Crippen LogP contribution in [0.3, 0.4) is 0 Å². The molecular weight excluding hydrogens is 476 g/mol. The van der Waals surface area contributed by atoms with E-state index < -0.39 is 17.9 Å². The molecule has 4 aromatic rings. The molecule has 0 N–H and O–H groups in total. The highest BCUT2D eigenvalue weighted by Crippen LogP contribution is 2.43. The molecule has 0 radical (unpaired) electrons. The molecule has 2 aromatic carbocycles. The molecule has 1 atom stereocenters. The number of thiazole rings is 1. The Bertz CT molecular complexity index is 1570. The minimum absolute atomic E-state index is 0.0433. The molecule has 2 aromatic heterocycles. The first-order valence-corrected chi connectivity index (χ1v) is 11.6. The number of carbonyl (C=O) groups is 2. The molecule has 34 heavy (non-hydrogen) atoms. The van der Waals surface area contributed by atoms with Crippen molar-refractivity contribution >= 4 is 50.9 Å². The van der Waals surface area contributed by atoms with Gasteiger partial charge in [-0.15, -0.1) is 0 Å². The third-order valence-electron chi connectivity index (χ3n) is 6.01. The van der Waals surface area contributed by atoms with E-state index in [9.17, 15) is 14.4 Å². The van der Waals surface area contributed by atoms with Crippen LogP contribution in [0.1, 0.15) is 54.2 Å². The topological polar surface area (TPSA) is 89.7 Å². The van der Waals surface area contributed by atoms with Gasteiger partial charge in [-0.3, -0.25) is 14.5 Å². The number of nitrogens with zero attached hydrogens (tertiary/aromatic N) is 2. The van der Waals surface area contributed by atoms with Gasteiger partial charge in [-0.05, 0) is 61.7 Å². The van der Waals surface area contributed by atoms with Gasteiger partial charge in [0, 0.05) is 5.02 Å². The van der Waals surface area contributed by atoms with Crippen molar-refractivity contribution in [2.75, 3.05) is 12.0 Å². The molecule has 0 saturated heterocycles. The number of anilines is 1. The second kappa shape index (κ2) is 8.07. The van der Waals surface area contributed by atoms with E-state index in [-0.39, 0.29) is 26.8 Å². The number of aryl methyl sites for hydroxylation is 3. The van der Waals surface area contributed by atoms with Crippen molar-refractivity contribution in [2.45, 2.75) is 26.8 Å². The van der Waals surface area contributed by atoms with Gasteiger partial charge in [0.1, 0.15) is 10.5 Å². The highest BCUT2D eigenvalue weighted by molar-refractivity contribution is 7.17. The fourth-order valence-corrected chi connectivity index (χ4v) is 5.40. The smallest absolute Gasteiger partial charge is 0.350 e. The first-order valence-electron chi connectivity index (χ1n) is 10.4. The largest absolute Gasteiger partial charge is 0.465 e. The number of aromatic nitrogens is 1. The minimum Gasteiger partial charge on any atom is -0.465 e. The Kier molecular flexibility index (Phi) is 5.30. The lowest BCUT2D eigenvalue weighted by atomic mass is 9.97. The van der Waals surface area contributed by atoms with Gasteiger partial charge in [0.15, 0.2) is 10.6 Å². The molecule has 0 saturated carbocycles. The Balaban J connectivity index is 1.80. The zero-order valence-electron chi connectivity index (χ0n) is 18.8. The van der Waals surface area contributed by atoms with Gasteiger partial charge in [0.2, 0.25) is 5.76 Å². The van der Waals surface area contributed by atoms with Crippen molar-refractivity contribution in [3.05, 3.63) is 90.2 Å². The molecule has 1 amide bonds. The first-order chi connectivity index (χ1) is 16.2. The summed E-state index contributed by atoms with van der Waals surface area (Å²) in [6, 6.07) is 9.68. The fourth-order valence-electron chi connectivity index (χ4n) is 4.18. The van der Waals surface area contributed by atoms with Crippen LogP contribution >= 0.6 is 22.9 Å². The first kappa shape index (κ1) is 22.3. The summed E-state index contributed by atoms with van der Waals surface area (Å²) >= 11 is 7.29. The van der Waals surface area contributed by atoms with E-state index in [0.29, 0.717) is 27.2 Å². The van der Waals surface area contributed by atoms with Crippen molar-refractivity contribution in [1.29, 1.82) is 0 Å². The zero-order chi connectivity index (χ0) is 24.3. The summed E-state index contributed by atoms with van der Waals surface area (Å²) in [4.78, 5) is 45.8. The molecular formula is C25H19ClN2O5S. The number of hydrogen-bond donors (Lipinski definition) is 0. The summed E-state index contributed by atoms with van der Waals surface area (Å²) in [5.74, 6) is -1.10. The third kappa shape index (κ3) is 3.33. The number of hydrogen-bond acceptors (Lipinski definition) is 7. The summed E-state index contributed by atoms with van der Waals surface area (Å²) in [6.07, 6.45) is 0. The van der Waals surface area contributed by atoms with Crippen LogP contribution in [0.5, 0.6) is 0 Å². The molecule has 1 aliphatic rings. The summed E-state index contributed by atoms with van der Waals surface area (Å²) in [7, 11) is 1.28. The van der Waals surface area contributed by atoms with Crippen molar-refractivity contribution < 1.29 is 18.7 Å². The summed E-state index contributed by atoms with van der Waals surface area (Å²) in [5, 5.41) is 1.12. The normalized spacial score (nSPS) is 15.1. The monoisotopic (exact) mass is 494 g/mol. The Morgan fingerprint density at radius 2 is 1.88 bits per heavy atom. The highest BCUT2D eigenvalue weighted by Gasteiger charge is 2.45. The lowest BCUT2D eigenvalue weighted by Crippen LogP contribution is -2.29. The van der Waals surface area contributed by atoms with Gasteiger partial charge in [-0.25, -0.2) is 9.78 Å². The minimum atomic E-state index is -0.820. The molecule has 0 fully saturated rings. The SMILES string of the molecule is COC(=O)c1sc(N2C(=O)c3oc4cc(C)c(C)cc4c(=O)c3C2c2cccc(Cl)c2)nc1C. The van der Waals surface area contributed by atoms with Gasteiger partial charge >= 0.3 is 5.97 Å². The van der Waals surface area contributed by atoms with E-state index in [4.69, 9.17) is 20.8 Å². The maximum atomic E-state index is 13.7. The lowest BCUT2D eigenvalue weighted by Gasteiger charge is -2.22. The number of methoxy groups -OCH3 is 1. The van der Waals surface area contributed by atoms with Gasteiger partial charge in [-0.1, -0.05) is 35.1 Å². The number of amides is 1. The molecule has 1 unspecified atom stereocenters. The van der Waals surface area contributed by atoms with E-state index in [0.717, 1.165) is 22.5 Å². The standard InChI is InChI=1S/C25H19ClN2O5S/c1-11-8-16-17(9-12(11)2)33-21-18(20(16)29)19(14-6-5-7-15(26)10-14)28(23(21)30)25-27-13(3)22(34-25)24(31)32-4/h5-10,19H,1-4H3. The van der Waals surface area contributed by atoms with E-state index in [1.165, 1.54) is 12.0 Å². The third-order valence-corrected chi connectivity index (χ3v) is 7.38. The van der Waals surface area contributed by atoms with Crippen molar-refractivity contribution in [1.82, 2.24) is 4.98 Å². The number of halogens is 1. The van der Waals surface area contributed by atoms with Crippen molar-refractivity contribution in [3.8, 4) is 0 Å². The molecule has 3 heterocycles. The molecule has 0 spiro atoms. The van der Waals surface area contributed by atoms with Crippen LogP contribution in [0.2, 0.25) is 5.02 Å². The number of carbonyl (C=O) groups excluding carboxylic acids is 2. The number of fused-ring (bicyclic) bond motifs is 2.